The Morgan fingerprint density at radius 3 is 1.04 bits per heavy atom. The SMILES string of the molecule is C.C1COCCN1.C=C(c1c(C)c(C(=O)OC(C)C)cc2c(-c3cccc(N(C)C)c3)ccn12)N1CCOCC1.CC(=O)O.CC(C)O.CC(C)O.CC(C)O.CC(C)O.CCOC(=O)c1cc2c(-c3cccc(N(C)C)c3)ccn2c(C(C)=O)c1C.CCOC(=O)c1cc2c(Br)ccn2c(C(C)=O)c1C.Cc1c(C(=O)OC(C)C)cc2c(-c3cccc(N(C)C)c3)ccn2c1C(C)N1CCOCC1.[B].[H-].[Na+].[Na+].[OH-].[Ti]. The van der Waals surface area contributed by atoms with Crippen LogP contribution in [0.5, 0.6) is 0 Å². The van der Waals surface area contributed by atoms with E-state index >= 15 is 0 Å². The fourth-order valence-electron chi connectivity index (χ4n) is 15.1. The van der Waals surface area contributed by atoms with Crippen LogP contribution in [0.2, 0.25) is 0 Å². The number of aliphatic hydroxyl groups is 4. The molecule has 1 atom stereocenters. The molecule has 8 aromatic heterocycles. The monoisotopic (exact) mass is 2110 g/mol. The number of anilines is 3. The number of nitrogens with one attached hydrogen (secondary N) is 1. The van der Waals surface area contributed by atoms with Crippen LogP contribution in [-0.4, -0.2) is 279 Å². The summed E-state index contributed by atoms with van der Waals surface area (Å²) in [5.74, 6) is -2.40. The van der Waals surface area contributed by atoms with Gasteiger partial charge in [-0.05, 0) is 271 Å². The molecule has 0 bridgehead atoms. The number of carboxylic acids is 1. The van der Waals surface area contributed by atoms with Crippen molar-refractivity contribution in [2.24, 2.45) is 0 Å². The van der Waals surface area contributed by atoms with E-state index < -0.39 is 17.9 Å². The fraction of sp³-hybridized carbons (Fsp3) is 0.459. The Morgan fingerprint density at radius 2 is 0.729 bits per heavy atom. The Morgan fingerprint density at radius 1 is 0.444 bits per heavy atom. The van der Waals surface area contributed by atoms with Crippen LogP contribution in [0.15, 0.2) is 157 Å². The number of ketones is 2. The van der Waals surface area contributed by atoms with E-state index in [2.05, 4.69) is 142 Å². The van der Waals surface area contributed by atoms with E-state index in [0.29, 0.717) is 64.6 Å². The summed E-state index contributed by atoms with van der Waals surface area (Å²) in [7, 11) is 12.1. The van der Waals surface area contributed by atoms with Gasteiger partial charge in [-0.25, -0.2) is 19.2 Å². The van der Waals surface area contributed by atoms with Gasteiger partial charge in [0.25, 0.3) is 5.97 Å². The van der Waals surface area contributed by atoms with E-state index in [-0.39, 0.29) is 176 Å². The summed E-state index contributed by atoms with van der Waals surface area (Å²) in [6.45, 7) is 53.7. The van der Waals surface area contributed by atoms with Crippen molar-refractivity contribution in [1.82, 2.24) is 32.7 Å². The topological polar surface area (TPSA) is 361 Å². The van der Waals surface area contributed by atoms with E-state index in [1.165, 1.54) is 13.8 Å². The number of benzene rings is 3. The Kier molecular flexibility index (Phi) is 64.7. The maximum Gasteiger partial charge on any atom is 1.00 e. The molecule has 11 aromatic rings. The maximum absolute atomic E-state index is 13.1. The van der Waals surface area contributed by atoms with E-state index in [9.17, 15) is 28.8 Å². The summed E-state index contributed by atoms with van der Waals surface area (Å²) in [5.41, 5.74) is 22.4. The first kappa shape index (κ1) is 137. The van der Waals surface area contributed by atoms with Crippen molar-refractivity contribution in [2.75, 3.05) is 149 Å². The zero-order valence-electron chi connectivity index (χ0n) is 90.9. The number of aliphatic hydroxyl groups excluding tert-OH is 4. The van der Waals surface area contributed by atoms with Gasteiger partial charge in [-0.1, -0.05) is 50.4 Å². The van der Waals surface area contributed by atoms with Crippen molar-refractivity contribution < 1.29 is 180 Å². The summed E-state index contributed by atoms with van der Waals surface area (Å²) in [4.78, 5) is 94.6. The number of aromatic nitrogens is 4. The fourth-order valence-corrected chi connectivity index (χ4v) is 15.6. The molecule has 11 heterocycles. The van der Waals surface area contributed by atoms with Gasteiger partial charge >= 0.3 is 83.0 Å². The first-order chi connectivity index (χ1) is 65.0. The minimum absolute atomic E-state index is 0. The first-order valence-corrected chi connectivity index (χ1v) is 47.7. The minimum Gasteiger partial charge on any atom is -1.00 e. The molecule has 3 aromatic carbocycles. The van der Waals surface area contributed by atoms with E-state index in [4.69, 9.17) is 63.5 Å². The van der Waals surface area contributed by atoms with Gasteiger partial charge in [-0.3, -0.25) is 19.3 Å². The number of halogens is 1. The molecular formula is C109H157BBrN10Na2O20Ti. The van der Waals surface area contributed by atoms with Gasteiger partial charge in [0.05, 0.1) is 132 Å². The molecule has 3 radical (unpaired) electrons. The molecule has 144 heavy (non-hydrogen) atoms. The molecule has 3 fully saturated rings. The molecule has 0 spiro atoms. The van der Waals surface area contributed by atoms with Crippen LogP contribution in [0.25, 0.3) is 61.1 Å². The van der Waals surface area contributed by atoms with Gasteiger partial charge < -0.3 is 108 Å². The summed E-state index contributed by atoms with van der Waals surface area (Å²) >= 11 is 3.41. The normalized spacial score (nSPS) is 12.5. The molecule has 779 valence electrons. The Labute approximate surface area is 924 Å². The number of esters is 4. The Bertz CT molecular complexity index is 5810. The van der Waals surface area contributed by atoms with E-state index in [0.717, 1.165) is 178 Å². The number of hydrogen-bond acceptors (Lipinski definition) is 25. The number of pyridine rings is 4. The molecular weight excluding hydrogens is 1950 g/mol. The second kappa shape index (κ2) is 67.9. The zero-order chi connectivity index (χ0) is 103. The smallest absolute Gasteiger partial charge is 1.00 e. The molecule has 14 rings (SSSR count). The van der Waals surface area contributed by atoms with Gasteiger partial charge in [0.1, 0.15) is 0 Å². The Balaban J connectivity index is -0.00000170. The van der Waals surface area contributed by atoms with Crippen LogP contribution < -0.4 is 79.1 Å². The second-order valence-corrected chi connectivity index (χ2v) is 36.3. The van der Waals surface area contributed by atoms with Gasteiger partial charge in [0.15, 0.2) is 11.6 Å². The number of morpholine rings is 3. The largest absolute Gasteiger partial charge is 1.00 e. The standard InChI is InChI=1S/C27H35N3O3.C27H33N3O3.C22H24N2O3.C14H14BrNO3.C4H9NO.4C3H8O.C2H4O2.CH4.B.2Na.H2O.Ti.H/c2*1-18(2)33-27(31)24-17-25-23(21-8-7-9-22(16-21)28(5)6)10-11-30(25)26(19(24)3)20(4)29-12-14-32-15-13-29;1-6-27-22(26)19-13-20-18(16-8-7-9-17(12-16)23(4)5)10-11-24(20)21(14(19)2)15(3)25;1-4-19-14(18)10-7-12-11(15)5-6-16(12)13(8(10)2)9(3)17;1-3-6-4-2-5-1;4*1-3(2)4;1-2(3)4;;;;;;;/h7-11,16-18,20H,12-15H2,1-6H3;7-11,16-18H,4,12-15H2,1-3,5-6H3;7-13H,6H2,1-5H3;5-7H,4H2,1-3H3;5H,1-4H2;4*3-4H,1-2H3;1H3,(H,3,4);1H4;;;;1H2;;/q;;;;;;;;;;;;2*+1;;;-1/p-1. The van der Waals surface area contributed by atoms with Crippen molar-refractivity contribution in [1.29, 1.82) is 0 Å². The molecule has 0 aliphatic carbocycles. The van der Waals surface area contributed by atoms with Crippen molar-refractivity contribution in [3.05, 3.63) is 224 Å². The number of fused-ring (bicyclic) bond motifs is 4. The molecule has 35 heteroatoms. The van der Waals surface area contributed by atoms with Crippen LogP contribution >= 0.6 is 15.9 Å². The van der Waals surface area contributed by atoms with E-state index in [1.54, 1.807) is 99.7 Å². The van der Waals surface area contributed by atoms with Crippen molar-refractivity contribution in [3.63, 3.8) is 0 Å². The minimum atomic E-state index is -0.833. The van der Waals surface area contributed by atoms with Crippen LogP contribution in [-0.2, 0) is 59.7 Å². The number of rotatable bonds is 20. The van der Waals surface area contributed by atoms with Gasteiger partial charge in [0.2, 0.25) is 0 Å². The van der Waals surface area contributed by atoms with Crippen molar-refractivity contribution in [3.8, 4) is 33.4 Å². The summed E-state index contributed by atoms with van der Waals surface area (Å²) < 4.78 is 46.5. The molecule has 1 unspecified atom stereocenters. The predicted molar refractivity (Wildman–Crippen MR) is 573 cm³/mol. The van der Waals surface area contributed by atoms with Crippen LogP contribution in [0.1, 0.15) is 236 Å². The number of carboxylic acid groups (broad SMARTS) is 1. The molecule has 0 saturated carbocycles. The third kappa shape index (κ3) is 41.4. The average Bonchev–Trinajstić information content (AvgIpc) is 1.64. The van der Waals surface area contributed by atoms with Crippen LogP contribution in [0, 0.1) is 27.7 Å². The Hall–Kier alpha value is -8.81. The first-order valence-electron chi connectivity index (χ1n) is 46.9. The van der Waals surface area contributed by atoms with E-state index in [1.807, 2.05) is 148 Å². The van der Waals surface area contributed by atoms with Crippen LogP contribution in [0.4, 0.5) is 17.1 Å². The average molecular weight is 2110 g/mol. The third-order valence-electron chi connectivity index (χ3n) is 21.1. The zero-order valence-corrected chi connectivity index (χ0v) is 97.0. The second-order valence-electron chi connectivity index (χ2n) is 35.5. The molecule has 30 nitrogen and oxygen atoms in total. The van der Waals surface area contributed by atoms with Crippen LogP contribution in [0.3, 0.4) is 0 Å². The quantitative estimate of drug-likeness (QED) is 0.0179. The number of nitrogens with zero attached hydrogens (tertiary/aromatic N) is 9. The number of Topliss-reactive ketones (excluding diaryl/α,β-unsaturated/α-hetero) is 2. The number of ether oxygens (including phenoxy) is 7. The number of aliphatic carboxylic acids is 1. The predicted octanol–water partition coefficient (Wildman–Crippen LogP) is 13.0. The molecule has 7 N–H and O–H groups in total. The van der Waals surface area contributed by atoms with Crippen molar-refractivity contribution in [2.45, 2.75) is 202 Å². The third-order valence-corrected chi connectivity index (χ3v) is 21.8. The van der Waals surface area contributed by atoms with Crippen molar-refractivity contribution >= 4 is 111 Å². The number of hydrogen-bond donors (Lipinski definition) is 6. The van der Waals surface area contributed by atoms with Gasteiger partial charge in [-0.2, -0.15) is 0 Å². The summed E-state index contributed by atoms with van der Waals surface area (Å²) in [6, 6.07) is 40.8. The van der Waals surface area contributed by atoms with Gasteiger partial charge in [-0.15, -0.1) is 0 Å². The molecule has 3 aliphatic heterocycles. The molecule has 0 amide bonds. The van der Waals surface area contributed by atoms with Gasteiger partial charge in [0, 0.05) is 232 Å². The summed E-state index contributed by atoms with van der Waals surface area (Å²) in [5, 5.41) is 42.8. The molecule has 3 aliphatic rings. The number of carbonyl (C=O) groups excluding carboxylic acids is 6. The summed E-state index contributed by atoms with van der Waals surface area (Å²) in [6.07, 6.45) is 6.85. The number of carbonyl (C=O) groups is 7. The molecule has 3 saturated heterocycles. The maximum atomic E-state index is 13.1.